The van der Waals surface area contributed by atoms with E-state index in [2.05, 4.69) is 0 Å². The third-order valence-corrected chi connectivity index (χ3v) is 4.85. The van der Waals surface area contributed by atoms with Gasteiger partial charge >= 0.3 is 6.09 Å². The lowest BCUT2D eigenvalue weighted by atomic mass is 10.00. The monoisotopic (exact) mass is 379 g/mol. The van der Waals surface area contributed by atoms with E-state index in [0.29, 0.717) is 11.3 Å². The Hall–Kier alpha value is -3.25. The molecule has 1 aliphatic rings. The first-order valence-electron chi connectivity index (χ1n) is 9.00. The third-order valence-electron chi connectivity index (χ3n) is 4.85. The Morgan fingerprint density at radius 3 is 2.32 bits per heavy atom. The van der Waals surface area contributed by atoms with E-state index in [4.69, 9.17) is 9.84 Å². The van der Waals surface area contributed by atoms with Crippen LogP contribution in [-0.2, 0) is 11.8 Å². The molecule has 0 bridgehead atoms. The largest absolute Gasteiger partial charge is 0.441 e. The van der Waals surface area contributed by atoms with Crippen molar-refractivity contribution in [3.8, 4) is 22.3 Å². The van der Waals surface area contributed by atoms with Gasteiger partial charge in [-0.2, -0.15) is 0 Å². The highest BCUT2D eigenvalue weighted by Crippen LogP contribution is 2.30. The van der Waals surface area contributed by atoms with E-state index in [1.165, 1.54) is 11.0 Å². The van der Waals surface area contributed by atoms with Crippen molar-refractivity contribution in [2.75, 3.05) is 18.1 Å². The maximum Gasteiger partial charge on any atom is 0.414 e. The number of hydrogen-bond donors (Lipinski definition) is 1. The Morgan fingerprint density at radius 2 is 1.71 bits per heavy atom. The maximum absolute atomic E-state index is 14.7. The van der Waals surface area contributed by atoms with Crippen LogP contribution in [0.15, 0.2) is 67.0 Å². The minimum Gasteiger partial charge on any atom is -0.441 e. The van der Waals surface area contributed by atoms with E-state index >= 15 is 0 Å². The summed E-state index contributed by atoms with van der Waals surface area (Å²) in [6.07, 6.45) is 2.80. The quantitative estimate of drug-likeness (QED) is 0.708. The number of benzene rings is 2. The van der Waals surface area contributed by atoms with Gasteiger partial charge < -0.3 is 9.84 Å². The molecule has 0 aliphatic carbocycles. The summed E-state index contributed by atoms with van der Waals surface area (Å²) in [5.41, 5.74) is 3.77. The Labute approximate surface area is 162 Å². The molecule has 0 unspecified atom stereocenters. The van der Waals surface area contributed by atoms with Crippen molar-refractivity contribution in [2.45, 2.75) is 6.10 Å². The summed E-state index contributed by atoms with van der Waals surface area (Å²) in [4.78, 5) is 13.2. The van der Waals surface area contributed by atoms with Crippen LogP contribution in [0, 0.1) is 5.82 Å². The van der Waals surface area contributed by atoms with Crippen LogP contribution in [0.3, 0.4) is 0 Å². The molecule has 1 atom stereocenters. The normalized spacial score (nSPS) is 16.3. The van der Waals surface area contributed by atoms with E-state index in [9.17, 15) is 9.18 Å². The van der Waals surface area contributed by atoms with E-state index in [1.807, 2.05) is 60.4 Å². The third kappa shape index (κ3) is 3.46. The highest BCUT2D eigenvalue weighted by Gasteiger charge is 2.32. The fourth-order valence-electron chi connectivity index (χ4n) is 3.27. The predicted octanol–water partition coefficient (Wildman–Crippen LogP) is 3.30. The van der Waals surface area contributed by atoms with Crippen molar-refractivity contribution in [3.63, 3.8) is 0 Å². The van der Waals surface area contributed by atoms with Crippen LogP contribution in [0.2, 0.25) is 0 Å². The zero-order chi connectivity index (χ0) is 19.7. The van der Waals surface area contributed by atoms with Crippen LogP contribution in [0.4, 0.5) is 14.9 Å². The molecule has 142 valence electrons. The van der Waals surface area contributed by atoms with Gasteiger partial charge in [-0.15, -0.1) is 0 Å². The van der Waals surface area contributed by atoms with Gasteiger partial charge in [0.2, 0.25) is 0 Å². The average molecular weight is 379 g/mol. The molecule has 5 nitrogen and oxygen atoms in total. The minimum atomic E-state index is -0.581. The fourth-order valence-corrected chi connectivity index (χ4v) is 3.27. The Bertz CT molecular complexity index is 1000. The molecule has 28 heavy (non-hydrogen) atoms. The first kappa shape index (κ1) is 18.1. The number of cyclic esters (lactones) is 1. The Morgan fingerprint density at radius 1 is 1.07 bits per heavy atom. The average Bonchev–Trinajstić information content (AvgIpc) is 3.09. The molecule has 4 rings (SSSR count). The van der Waals surface area contributed by atoms with Gasteiger partial charge in [-0.1, -0.05) is 24.3 Å². The lowest BCUT2D eigenvalue weighted by Crippen LogP contribution is -2.25. The summed E-state index contributed by atoms with van der Waals surface area (Å²) in [5.74, 6) is -0.419. The summed E-state index contributed by atoms with van der Waals surface area (Å²) in [6.45, 7) is -0.0491. The fraction of sp³-hybridized carbons (Fsp3) is 0.182. The summed E-state index contributed by atoms with van der Waals surface area (Å²) >= 11 is 0. The van der Waals surface area contributed by atoms with Crippen molar-refractivity contribution in [2.24, 2.45) is 7.05 Å². The molecule has 2 aromatic carbocycles. The van der Waals surface area contributed by atoms with E-state index in [0.717, 1.165) is 16.7 Å². The molecule has 0 spiro atoms. The number of aryl methyl sites for hydroxylation is 1. The number of aromatic nitrogens is 1. The van der Waals surface area contributed by atoms with Crippen LogP contribution in [0.25, 0.3) is 22.3 Å². The molecule has 2 heterocycles. The van der Waals surface area contributed by atoms with Gasteiger partial charge in [0.25, 0.3) is 0 Å². The number of aliphatic hydroxyl groups excluding tert-OH is 1. The number of halogens is 1. The van der Waals surface area contributed by atoms with Crippen LogP contribution >= 0.6 is 0 Å². The molecular weight excluding hydrogens is 359 g/mol. The number of amides is 1. The summed E-state index contributed by atoms with van der Waals surface area (Å²) < 4.78 is 21.7. The molecule has 1 aliphatic heterocycles. The summed E-state index contributed by atoms with van der Waals surface area (Å²) in [7, 11) is 1.96. The van der Waals surface area contributed by atoms with Gasteiger partial charge in [0.05, 0.1) is 18.8 Å². The predicted molar refractivity (Wildman–Crippen MR) is 103 cm³/mol. The molecule has 6 heteroatoms. The minimum absolute atomic E-state index is 0.206. The highest BCUT2D eigenvalue weighted by atomic mass is 19.1. The molecule has 3 aromatic rings. The second-order valence-electron chi connectivity index (χ2n) is 6.79. The van der Waals surface area contributed by atoms with Gasteiger partial charge in [0, 0.05) is 17.7 Å². The molecule has 0 saturated carbocycles. The number of hydrogen-bond acceptors (Lipinski definition) is 3. The summed E-state index contributed by atoms with van der Waals surface area (Å²) in [5, 5.41) is 9.13. The van der Waals surface area contributed by atoms with Crippen LogP contribution < -0.4 is 9.47 Å². The number of carbonyl (C=O) groups is 1. The van der Waals surface area contributed by atoms with E-state index < -0.39 is 18.0 Å². The van der Waals surface area contributed by atoms with Gasteiger partial charge in [-0.05, 0) is 34.9 Å². The van der Waals surface area contributed by atoms with Crippen LogP contribution in [0.5, 0.6) is 0 Å². The first-order valence-corrected chi connectivity index (χ1v) is 9.00. The molecule has 1 saturated heterocycles. The Kier molecular flexibility index (Phi) is 4.79. The number of pyridine rings is 1. The van der Waals surface area contributed by atoms with Gasteiger partial charge in [-0.25, -0.2) is 13.8 Å². The standard InChI is InChI=1S/C22H20FN2O3/c1-24-10-8-16(9-11-24)15-2-4-17(5-3-15)20-7-6-18(12-21(20)23)25-13-19(14-26)28-22(25)27/h2-12,19,26H,13-14H2,1H3/q+1/t19-/m1/s1. The van der Waals surface area contributed by atoms with Crippen molar-refractivity contribution in [1.29, 1.82) is 0 Å². The number of rotatable bonds is 4. The van der Waals surface area contributed by atoms with Crippen molar-refractivity contribution in [1.82, 2.24) is 0 Å². The zero-order valence-corrected chi connectivity index (χ0v) is 15.4. The number of ether oxygens (including phenoxy) is 1. The van der Waals surface area contributed by atoms with E-state index in [1.54, 1.807) is 12.1 Å². The van der Waals surface area contributed by atoms with Crippen molar-refractivity contribution < 1.29 is 23.6 Å². The molecule has 1 N–H and O–H groups in total. The molecular formula is C22H20FN2O3+. The second-order valence-corrected chi connectivity index (χ2v) is 6.79. The topological polar surface area (TPSA) is 53.6 Å². The molecule has 1 aromatic heterocycles. The SMILES string of the molecule is C[n+]1ccc(-c2ccc(-c3ccc(N4C[C@H](CO)OC4=O)cc3F)cc2)cc1. The molecule has 1 amide bonds. The van der Waals surface area contributed by atoms with Gasteiger partial charge in [0.15, 0.2) is 12.4 Å². The maximum atomic E-state index is 14.7. The first-order chi connectivity index (χ1) is 13.5. The number of aliphatic hydroxyl groups is 1. The number of anilines is 1. The number of carbonyl (C=O) groups excluding carboxylic acids is 1. The van der Waals surface area contributed by atoms with Crippen LogP contribution in [-0.4, -0.2) is 30.5 Å². The van der Waals surface area contributed by atoms with Crippen LogP contribution in [0.1, 0.15) is 0 Å². The number of nitrogens with zero attached hydrogens (tertiary/aromatic N) is 2. The van der Waals surface area contributed by atoms with Gasteiger partial charge in [0.1, 0.15) is 19.0 Å². The smallest absolute Gasteiger partial charge is 0.414 e. The van der Waals surface area contributed by atoms with Crippen molar-refractivity contribution in [3.05, 3.63) is 72.8 Å². The zero-order valence-electron chi connectivity index (χ0n) is 15.4. The highest BCUT2D eigenvalue weighted by molar-refractivity contribution is 5.90. The van der Waals surface area contributed by atoms with E-state index in [-0.39, 0.29) is 13.2 Å². The van der Waals surface area contributed by atoms with Gasteiger partial charge in [-0.3, -0.25) is 4.90 Å². The van der Waals surface area contributed by atoms with Crippen molar-refractivity contribution >= 4 is 11.8 Å². The summed E-state index contributed by atoms with van der Waals surface area (Å²) in [6, 6.07) is 16.4. The molecule has 1 fully saturated rings. The lowest BCUT2D eigenvalue weighted by molar-refractivity contribution is -0.671. The Balaban J connectivity index is 1.58. The lowest BCUT2D eigenvalue weighted by Gasteiger charge is -2.14. The second kappa shape index (κ2) is 7.40. The molecule has 0 radical (unpaired) electrons.